The summed E-state index contributed by atoms with van der Waals surface area (Å²) in [6, 6.07) is 26.0. The van der Waals surface area contributed by atoms with Crippen LogP contribution in [0.4, 0.5) is 5.69 Å². The van der Waals surface area contributed by atoms with Crippen LogP contribution < -0.4 is 10.1 Å². The summed E-state index contributed by atoms with van der Waals surface area (Å²) < 4.78 is 5.35. The maximum Gasteiger partial charge on any atom is 0.224 e. The van der Waals surface area contributed by atoms with Gasteiger partial charge in [0, 0.05) is 12.1 Å². The average Bonchev–Trinajstić information content (AvgIpc) is 2.69. The zero-order valence-electron chi connectivity index (χ0n) is 14.9. The first-order chi connectivity index (χ1) is 12.8. The van der Waals surface area contributed by atoms with Crippen LogP contribution in [-0.4, -0.2) is 13.0 Å². The molecule has 0 saturated carbocycles. The quantitative estimate of drug-likeness (QED) is 0.664. The van der Waals surface area contributed by atoms with Crippen molar-refractivity contribution in [3.63, 3.8) is 0 Å². The first-order valence-electron chi connectivity index (χ1n) is 8.80. The van der Waals surface area contributed by atoms with Crippen LogP contribution in [0.3, 0.4) is 0 Å². The topological polar surface area (TPSA) is 38.3 Å². The fraction of sp³-hybridized carbons (Fsp3) is 0.174. The summed E-state index contributed by atoms with van der Waals surface area (Å²) in [5, 5.41) is 3.06. The number of carbonyl (C=O) groups is 1. The molecule has 3 nitrogen and oxygen atoms in total. The van der Waals surface area contributed by atoms with E-state index in [0.29, 0.717) is 12.8 Å². The van der Waals surface area contributed by atoms with Gasteiger partial charge in [0.1, 0.15) is 5.75 Å². The molecule has 0 aliphatic rings. The molecular weight excluding hydrogens is 322 g/mol. The van der Waals surface area contributed by atoms with E-state index in [1.165, 1.54) is 5.56 Å². The number of para-hydroxylation sites is 2. The van der Waals surface area contributed by atoms with Gasteiger partial charge in [-0.1, -0.05) is 66.7 Å². The summed E-state index contributed by atoms with van der Waals surface area (Å²) in [6.45, 7) is 0. The van der Waals surface area contributed by atoms with E-state index < -0.39 is 0 Å². The second-order valence-corrected chi connectivity index (χ2v) is 6.18. The third-order valence-electron chi connectivity index (χ3n) is 4.34. The molecule has 0 radical (unpaired) electrons. The van der Waals surface area contributed by atoms with Crippen LogP contribution in [0, 0.1) is 0 Å². The molecule has 26 heavy (non-hydrogen) atoms. The second-order valence-electron chi connectivity index (χ2n) is 6.18. The van der Waals surface area contributed by atoms with Crippen molar-refractivity contribution >= 4 is 11.6 Å². The molecule has 0 bridgehead atoms. The van der Waals surface area contributed by atoms with Gasteiger partial charge in [0.2, 0.25) is 5.91 Å². The number of rotatable bonds is 7. The van der Waals surface area contributed by atoms with Crippen LogP contribution in [0.15, 0.2) is 78.9 Å². The minimum absolute atomic E-state index is 0.0106. The predicted molar refractivity (Wildman–Crippen MR) is 106 cm³/mol. The summed E-state index contributed by atoms with van der Waals surface area (Å²) >= 11 is 0. The zero-order valence-corrected chi connectivity index (χ0v) is 14.9. The lowest BCUT2D eigenvalue weighted by Crippen LogP contribution is -2.14. The molecule has 0 spiro atoms. The van der Waals surface area contributed by atoms with E-state index >= 15 is 0 Å². The summed E-state index contributed by atoms with van der Waals surface area (Å²) in [5.74, 6) is 0.834. The van der Waals surface area contributed by atoms with Crippen LogP contribution in [0.25, 0.3) is 0 Å². The Morgan fingerprint density at radius 3 is 2.27 bits per heavy atom. The summed E-state index contributed by atoms with van der Waals surface area (Å²) in [5.41, 5.74) is 4.26. The number of aryl methyl sites for hydroxylation is 1. The Balaban J connectivity index is 1.64. The van der Waals surface area contributed by atoms with E-state index in [9.17, 15) is 4.79 Å². The molecule has 132 valence electrons. The summed E-state index contributed by atoms with van der Waals surface area (Å²) in [4.78, 5) is 12.4. The van der Waals surface area contributed by atoms with Gasteiger partial charge in [-0.15, -0.1) is 0 Å². The standard InChI is InChI=1S/C23H23NO2/c1-26-22-14-8-6-11-19(22)15-16-23(25)24-21-13-7-5-12-20(21)17-18-9-3-2-4-10-18/h2-14H,15-17H2,1H3,(H,24,25). The fourth-order valence-corrected chi connectivity index (χ4v) is 2.98. The Morgan fingerprint density at radius 2 is 1.50 bits per heavy atom. The van der Waals surface area contributed by atoms with Crippen molar-refractivity contribution < 1.29 is 9.53 Å². The number of ether oxygens (including phenoxy) is 1. The second kappa shape index (κ2) is 8.86. The van der Waals surface area contributed by atoms with E-state index in [1.807, 2.05) is 60.7 Å². The molecule has 3 heteroatoms. The van der Waals surface area contributed by atoms with Crippen molar-refractivity contribution in [2.45, 2.75) is 19.3 Å². The zero-order chi connectivity index (χ0) is 18.2. The van der Waals surface area contributed by atoms with Gasteiger partial charge in [0.15, 0.2) is 0 Å². The highest BCUT2D eigenvalue weighted by atomic mass is 16.5. The molecule has 0 aliphatic heterocycles. The van der Waals surface area contributed by atoms with Crippen molar-refractivity contribution in [1.82, 2.24) is 0 Å². The van der Waals surface area contributed by atoms with E-state index in [4.69, 9.17) is 4.74 Å². The Kier molecular flexibility index (Phi) is 6.05. The van der Waals surface area contributed by atoms with E-state index in [1.54, 1.807) is 7.11 Å². The Morgan fingerprint density at radius 1 is 0.846 bits per heavy atom. The van der Waals surface area contributed by atoms with Crippen LogP contribution in [0.5, 0.6) is 5.75 Å². The SMILES string of the molecule is COc1ccccc1CCC(=O)Nc1ccccc1Cc1ccccc1. The van der Waals surface area contributed by atoms with Crippen LogP contribution in [0.2, 0.25) is 0 Å². The van der Waals surface area contributed by atoms with Crippen molar-refractivity contribution in [2.24, 2.45) is 0 Å². The van der Waals surface area contributed by atoms with Crippen LogP contribution in [-0.2, 0) is 17.6 Å². The van der Waals surface area contributed by atoms with Gasteiger partial charge in [-0.05, 0) is 41.7 Å². The Labute approximate surface area is 154 Å². The number of hydrogen-bond donors (Lipinski definition) is 1. The number of methoxy groups -OCH3 is 1. The van der Waals surface area contributed by atoms with Gasteiger partial charge in [-0.2, -0.15) is 0 Å². The van der Waals surface area contributed by atoms with Gasteiger partial charge >= 0.3 is 0 Å². The van der Waals surface area contributed by atoms with Crippen LogP contribution >= 0.6 is 0 Å². The lowest BCUT2D eigenvalue weighted by Gasteiger charge is -2.12. The average molecular weight is 345 g/mol. The lowest BCUT2D eigenvalue weighted by molar-refractivity contribution is -0.116. The van der Waals surface area contributed by atoms with Crippen molar-refractivity contribution in [1.29, 1.82) is 0 Å². The third kappa shape index (κ3) is 4.73. The van der Waals surface area contributed by atoms with Crippen LogP contribution in [0.1, 0.15) is 23.1 Å². The predicted octanol–water partition coefficient (Wildman–Crippen LogP) is 4.86. The molecule has 3 aromatic rings. The highest BCUT2D eigenvalue weighted by Gasteiger charge is 2.09. The number of anilines is 1. The lowest BCUT2D eigenvalue weighted by atomic mass is 10.0. The molecule has 3 aromatic carbocycles. The Bertz CT molecular complexity index is 859. The van der Waals surface area contributed by atoms with Gasteiger partial charge in [-0.25, -0.2) is 0 Å². The highest BCUT2D eigenvalue weighted by molar-refractivity contribution is 5.91. The highest BCUT2D eigenvalue weighted by Crippen LogP contribution is 2.21. The number of nitrogens with one attached hydrogen (secondary N) is 1. The fourth-order valence-electron chi connectivity index (χ4n) is 2.98. The van der Waals surface area contributed by atoms with Gasteiger partial charge in [0.25, 0.3) is 0 Å². The minimum atomic E-state index is 0.0106. The molecule has 1 N–H and O–H groups in total. The smallest absolute Gasteiger partial charge is 0.224 e. The summed E-state index contributed by atoms with van der Waals surface area (Å²) in [6.07, 6.45) is 1.86. The largest absolute Gasteiger partial charge is 0.496 e. The van der Waals surface area contributed by atoms with Gasteiger partial charge < -0.3 is 10.1 Å². The molecular formula is C23H23NO2. The van der Waals surface area contributed by atoms with Gasteiger partial charge in [0.05, 0.1) is 7.11 Å². The summed E-state index contributed by atoms with van der Waals surface area (Å²) in [7, 11) is 1.65. The van der Waals surface area contributed by atoms with E-state index in [0.717, 1.165) is 29.0 Å². The van der Waals surface area contributed by atoms with Crippen molar-refractivity contribution in [3.8, 4) is 5.75 Å². The van der Waals surface area contributed by atoms with Crippen molar-refractivity contribution in [2.75, 3.05) is 12.4 Å². The van der Waals surface area contributed by atoms with E-state index in [-0.39, 0.29) is 5.91 Å². The maximum absolute atomic E-state index is 12.4. The number of amides is 1. The van der Waals surface area contributed by atoms with Crippen molar-refractivity contribution in [3.05, 3.63) is 95.6 Å². The first kappa shape index (κ1) is 17.7. The maximum atomic E-state index is 12.4. The molecule has 0 atom stereocenters. The van der Waals surface area contributed by atoms with Gasteiger partial charge in [-0.3, -0.25) is 4.79 Å². The molecule has 0 heterocycles. The molecule has 0 fully saturated rings. The Hall–Kier alpha value is -3.07. The number of benzene rings is 3. The molecule has 0 unspecified atom stereocenters. The monoisotopic (exact) mass is 345 g/mol. The van der Waals surface area contributed by atoms with E-state index in [2.05, 4.69) is 23.5 Å². The molecule has 0 aliphatic carbocycles. The number of carbonyl (C=O) groups excluding carboxylic acids is 1. The first-order valence-corrected chi connectivity index (χ1v) is 8.80. The number of hydrogen-bond acceptors (Lipinski definition) is 2. The molecule has 0 aromatic heterocycles. The molecule has 3 rings (SSSR count). The molecule has 0 saturated heterocycles. The molecule has 1 amide bonds. The third-order valence-corrected chi connectivity index (χ3v) is 4.34. The normalized spacial score (nSPS) is 10.3. The minimum Gasteiger partial charge on any atom is -0.496 e.